The van der Waals surface area contributed by atoms with Crippen molar-refractivity contribution in [3.05, 3.63) is 65.5 Å². The largest absolute Gasteiger partial charge is 0.354 e. The van der Waals surface area contributed by atoms with Crippen molar-refractivity contribution < 1.29 is 27.2 Å². The molecule has 3 amide bonds. The topological polar surface area (TPSA) is 104 Å². The summed E-state index contributed by atoms with van der Waals surface area (Å²) in [6, 6.07) is 10.8. The molecule has 1 aliphatic rings. The Balaban J connectivity index is 1.79. The van der Waals surface area contributed by atoms with Gasteiger partial charge in [-0.3, -0.25) is 14.4 Å². The first-order chi connectivity index (χ1) is 16.0. The number of hydrogen-bond acceptors (Lipinski definition) is 5. The second-order valence-corrected chi connectivity index (χ2v) is 10.4. The fourth-order valence-electron chi connectivity index (χ4n) is 3.64. The maximum atomic E-state index is 14.3. The van der Waals surface area contributed by atoms with Crippen LogP contribution < -0.4 is 5.32 Å². The number of carbonyl (C=O) groups excluding carboxylic acids is 3. The van der Waals surface area contributed by atoms with Gasteiger partial charge < -0.3 is 10.2 Å². The van der Waals surface area contributed by atoms with Crippen molar-refractivity contribution in [1.29, 1.82) is 0 Å². The molecule has 1 heterocycles. The molecular weight excluding hydrogens is 461 g/mol. The molecule has 0 bridgehead atoms. The van der Waals surface area contributed by atoms with E-state index in [0.29, 0.717) is 10.8 Å². The van der Waals surface area contributed by atoms with Crippen LogP contribution in [0, 0.1) is 11.7 Å². The lowest BCUT2D eigenvalue weighted by Gasteiger charge is -2.29. The Hall–Kier alpha value is -3.27. The number of rotatable bonds is 9. The predicted molar refractivity (Wildman–Crippen MR) is 124 cm³/mol. The molecule has 0 saturated heterocycles. The molecule has 10 heteroatoms. The van der Waals surface area contributed by atoms with Gasteiger partial charge in [-0.05, 0) is 31.0 Å². The highest BCUT2D eigenvalue weighted by molar-refractivity contribution is 7.90. The molecule has 0 saturated carbocycles. The molecule has 0 spiro atoms. The lowest BCUT2D eigenvalue weighted by Crippen LogP contribution is -2.49. The van der Waals surface area contributed by atoms with E-state index in [1.54, 1.807) is 12.1 Å². The predicted octanol–water partition coefficient (Wildman–Crippen LogP) is 2.55. The summed E-state index contributed by atoms with van der Waals surface area (Å²) >= 11 is 0. The van der Waals surface area contributed by atoms with Crippen molar-refractivity contribution in [2.45, 2.75) is 44.7 Å². The molecule has 0 radical (unpaired) electrons. The average molecular weight is 490 g/mol. The molecule has 1 atom stereocenters. The Bertz CT molecular complexity index is 1200. The smallest absolute Gasteiger partial charge is 0.269 e. The summed E-state index contributed by atoms with van der Waals surface area (Å²) in [6.07, 6.45) is -0.352. The second-order valence-electron chi connectivity index (χ2n) is 8.56. The van der Waals surface area contributed by atoms with Crippen molar-refractivity contribution in [2.24, 2.45) is 5.92 Å². The normalized spacial score (nSPS) is 15.2. The van der Waals surface area contributed by atoms with E-state index in [1.165, 1.54) is 48.2 Å². The molecule has 0 aromatic heterocycles. The molecule has 0 aliphatic carbocycles. The molecule has 2 aromatic rings. The van der Waals surface area contributed by atoms with Crippen molar-refractivity contribution >= 4 is 27.7 Å². The number of amides is 3. The highest BCUT2D eigenvalue weighted by atomic mass is 32.2. The molecule has 1 N–H and O–H groups in total. The van der Waals surface area contributed by atoms with E-state index in [-0.39, 0.29) is 41.5 Å². The molecule has 2 aromatic carbocycles. The maximum absolute atomic E-state index is 14.3. The van der Waals surface area contributed by atoms with Gasteiger partial charge in [0.15, 0.2) is 0 Å². The minimum atomic E-state index is -4.06. The van der Waals surface area contributed by atoms with Crippen LogP contribution in [0.4, 0.5) is 4.39 Å². The zero-order valence-electron chi connectivity index (χ0n) is 19.3. The van der Waals surface area contributed by atoms with Crippen LogP contribution in [0.15, 0.2) is 53.4 Å². The van der Waals surface area contributed by atoms with Gasteiger partial charge in [0, 0.05) is 31.6 Å². The van der Waals surface area contributed by atoms with E-state index in [1.807, 2.05) is 13.8 Å². The molecule has 182 valence electrons. The van der Waals surface area contributed by atoms with E-state index in [4.69, 9.17) is 0 Å². The van der Waals surface area contributed by atoms with Gasteiger partial charge in [-0.1, -0.05) is 44.2 Å². The van der Waals surface area contributed by atoms with Crippen LogP contribution in [0.25, 0.3) is 0 Å². The fraction of sp³-hybridized carbons (Fsp3) is 0.375. The molecule has 3 rings (SSSR count). The van der Waals surface area contributed by atoms with Crippen molar-refractivity contribution in [3.63, 3.8) is 0 Å². The average Bonchev–Trinajstić information content (AvgIpc) is 3.00. The van der Waals surface area contributed by atoms with E-state index in [0.717, 1.165) is 0 Å². The van der Waals surface area contributed by atoms with Crippen LogP contribution in [0.1, 0.15) is 43.1 Å². The van der Waals surface area contributed by atoms with Crippen LogP contribution in [0.5, 0.6) is 0 Å². The Kier molecular flexibility index (Phi) is 7.71. The van der Waals surface area contributed by atoms with Crippen LogP contribution in [0.2, 0.25) is 0 Å². The van der Waals surface area contributed by atoms with Crippen LogP contribution in [0.3, 0.4) is 0 Å². The van der Waals surface area contributed by atoms with Crippen molar-refractivity contribution in [1.82, 2.24) is 14.5 Å². The fourth-order valence-corrected chi connectivity index (χ4v) is 5.21. The number of sulfonamides is 1. The Morgan fingerprint density at radius 2 is 1.71 bits per heavy atom. The van der Waals surface area contributed by atoms with E-state index in [9.17, 15) is 27.2 Å². The van der Waals surface area contributed by atoms with Gasteiger partial charge in [0.25, 0.3) is 15.9 Å². The molecule has 0 fully saturated rings. The monoisotopic (exact) mass is 489 g/mol. The standard InChI is InChI=1S/C24H28FN3O5S/c1-16(2)14-26-23(30)17(3)27(15-18-8-4-6-10-20(18)25)22(29)12-13-28-24(31)19-9-5-7-11-21(19)34(28,32)33/h4-11,16-17H,12-15H2,1-3H3,(H,26,30)/t17-/m0/s1. The summed E-state index contributed by atoms with van der Waals surface area (Å²) in [5.74, 6) is -2.01. The summed E-state index contributed by atoms with van der Waals surface area (Å²) < 4.78 is 40.5. The zero-order chi connectivity index (χ0) is 25.0. The second kappa shape index (κ2) is 10.3. The number of benzene rings is 2. The third-order valence-electron chi connectivity index (χ3n) is 5.59. The molecule has 1 aliphatic heterocycles. The molecule has 34 heavy (non-hydrogen) atoms. The lowest BCUT2D eigenvalue weighted by molar-refractivity contribution is -0.140. The molecule has 8 nitrogen and oxygen atoms in total. The zero-order valence-corrected chi connectivity index (χ0v) is 20.1. The summed E-state index contributed by atoms with van der Waals surface area (Å²) in [5, 5.41) is 2.76. The highest BCUT2D eigenvalue weighted by Gasteiger charge is 2.41. The van der Waals surface area contributed by atoms with Gasteiger partial charge in [-0.2, -0.15) is 0 Å². The summed E-state index contributed by atoms with van der Waals surface area (Å²) in [5.41, 5.74) is 0.274. The first-order valence-electron chi connectivity index (χ1n) is 11.0. The van der Waals surface area contributed by atoms with E-state index < -0.39 is 39.6 Å². The Morgan fingerprint density at radius 3 is 2.35 bits per heavy atom. The Morgan fingerprint density at radius 1 is 1.06 bits per heavy atom. The van der Waals surface area contributed by atoms with Gasteiger partial charge in [-0.25, -0.2) is 17.1 Å². The van der Waals surface area contributed by atoms with E-state index in [2.05, 4.69) is 5.32 Å². The van der Waals surface area contributed by atoms with Gasteiger partial charge in [0.05, 0.1) is 5.56 Å². The van der Waals surface area contributed by atoms with Crippen LogP contribution in [-0.2, 0) is 26.2 Å². The summed E-state index contributed by atoms with van der Waals surface area (Å²) in [6.45, 7) is 5.23. The Labute approximate surface area is 198 Å². The highest BCUT2D eigenvalue weighted by Crippen LogP contribution is 2.30. The van der Waals surface area contributed by atoms with Gasteiger partial charge in [-0.15, -0.1) is 0 Å². The minimum absolute atomic E-state index is 0.0552. The minimum Gasteiger partial charge on any atom is -0.354 e. The third-order valence-corrected chi connectivity index (χ3v) is 7.43. The lowest BCUT2D eigenvalue weighted by atomic mass is 10.1. The molecule has 0 unspecified atom stereocenters. The van der Waals surface area contributed by atoms with Gasteiger partial charge >= 0.3 is 0 Å². The van der Waals surface area contributed by atoms with Crippen molar-refractivity contribution in [3.8, 4) is 0 Å². The van der Waals surface area contributed by atoms with Gasteiger partial charge in [0.1, 0.15) is 16.8 Å². The molecular formula is C24H28FN3O5S. The number of nitrogens with one attached hydrogen (secondary N) is 1. The quantitative estimate of drug-likeness (QED) is 0.583. The van der Waals surface area contributed by atoms with Crippen LogP contribution in [-0.4, -0.2) is 54.5 Å². The summed E-state index contributed by atoms with van der Waals surface area (Å²) in [7, 11) is -4.06. The third kappa shape index (κ3) is 5.27. The first-order valence-corrected chi connectivity index (χ1v) is 12.4. The van der Waals surface area contributed by atoms with E-state index >= 15 is 0 Å². The number of halogens is 1. The number of fused-ring (bicyclic) bond motifs is 1. The number of hydrogen-bond donors (Lipinski definition) is 1. The first kappa shape index (κ1) is 25.4. The maximum Gasteiger partial charge on any atom is 0.269 e. The SMILES string of the molecule is CC(C)CNC(=O)[C@H](C)N(Cc1ccccc1F)C(=O)CCN1C(=O)c2ccccc2S1(=O)=O. The van der Waals surface area contributed by atoms with Crippen LogP contribution >= 0.6 is 0 Å². The van der Waals surface area contributed by atoms with Crippen molar-refractivity contribution in [2.75, 3.05) is 13.1 Å². The van der Waals surface area contributed by atoms with Gasteiger partial charge in [0.2, 0.25) is 11.8 Å². The summed E-state index contributed by atoms with van der Waals surface area (Å²) in [4.78, 5) is 39.6. The number of carbonyl (C=O) groups is 3. The number of nitrogens with zero attached hydrogens (tertiary/aromatic N) is 2.